The van der Waals surface area contributed by atoms with Crippen molar-refractivity contribution in [3.05, 3.63) is 0 Å². The molecule has 1 aliphatic carbocycles. The first-order valence-corrected chi connectivity index (χ1v) is 3.76. The highest BCUT2D eigenvalue weighted by molar-refractivity contribution is 5.84. The summed E-state index contributed by atoms with van der Waals surface area (Å²) in [5.74, 6) is -1.64. The second kappa shape index (κ2) is 3.05. The third-order valence-corrected chi connectivity index (χ3v) is 2.15. The Labute approximate surface area is 67.9 Å². The van der Waals surface area contributed by atoms with Gasteiger partial charge in [-0.2, -0.15) is 13.2 Å². The standard InChI is InChI=1S/C7H10F3NO/c8-7(9,10)4-1-2-6(12)5(11)3-4/h4-5H,1-3,11H2/t4-,5-/m1/s1. The van der Waals surface area contributed by atoms with Crippen LogP contribution in [0.15, 0.2) is 0 Å². The molecule has 0 bridgehead atoms. The first kappa shape index (κ1) is 9.51. The zero-order valence-electron chi connectivity index (χ0n) is 6.40. The van der Waals surface area contributed by atoms with Crippen LogP contribution in [0.25, 0.3) is 0 Å². The molecule has 1 aliphatic rings. The molecule has 0 aromatic carbocycles. The van der Waals surface area contributed by atoms with Gasteiger partial charge >= 0.3 is 6.18 Å². The van der Waals surface area contributed by atoms with Gasteiger partial charge in [0.05, 0.1) is 12.0 Å². The predicted molar refractivity (Wildman–Crippen MR) is 36.4 cm³/mol. The molecular formula is C7H10F3NO. The lowest BCUT2D eigenvalue weighted by atomic mass is 9.85. The van der Waals surface area contributed by atoms with E-state index in [0.29, 0.717) is 0 Å². The number of rotatable bonds is 0. The number of hydrogen-bond donors (Lipinski definition) is 1. The van der Waals surface area contributed by atoms with Crippen LogP contribution in [0, 0.1) is 5.92 Å². The molecule has 2 N–H and O–H groups in total. The van der Waals surface area contributed by atoms with E-state index < -0.39 is 18.1 Å². The van der Waals surface area contributed by atoms with Crippen molar-refractivity contribution in [2.24, 2.45) is 11.7 Å². The van der Waals surface area contributed by atoms with Gasteiger partial charge < -0.3 is 5.73 Å². The molecule has 12 heavy (non-hydrogen) atoms. The molecule has 1 saturated carbocycles. The lowest BCUT2D eigenvalue weighted by molar-refractivity contribution is -0.183. The van der Waals surface area contributed by atoms with Crippen molar-refractivity contribution < 1.29 is 18.0 Å². The molecule has 0 heterocycles. The van der Waals surface area contributed by atoms with Crippen molar-refractivity contribution in [3.63, 3.8) is 0 Å². The number of hydrogen-bond acceptors (Lipinski definition) is 2. The van der Waals surface area contributed by atoms with E-state index in [1.807, 2.05) is 0 Å². The molecule has 0 unspecified atom stereocenters. The lowest BCUT2D eigenvalue weighted by Gasteiger charge is -2.27. The Morgan fingerprint density at radius 3 is 2.42 bits per heavy atom. The number of carbonyl (C=O) groups is 1. The number of Topliss-reactive ketones (excluding diaryl/α,β-unsaturated/α-hetero) is 1. The molecule has 70 valence electrons. The van der Waals surface area contributed by atoms with Gasteiger partial charge in [-0.15, -0.1) is 0 Å². The van der Waals surface area contributed by atoms with E-state index >= 15 is 0 Å². The van der Waals surface area contributed by atoms with Gasteiger partial charge in [0.2, 0.25) is 0 Å². The SMILES string of the molecule is N[C@@H]1C[C@H](C(F)(F)F)CCC1=O. The highest BCUT2D eigenvalue weighted by Gasteiger charge is 2.43. The highest BCUT2D eigenvalue weighted by Crippen LogP contribution is 2.35. The second-order valence-electron chi connectivity index (χ2n) is 3.09. The third-order valence-electron chi connectivity index (χ3n) is 2.15. The summed E-state index contributed by atoms with van der Waals surface area (Å²) >= 11 is 0. The van der Waals surface area contributed by atoms with E-state index in [0.717, 1.165) is 0 Å². The zero-order chi connectivity index (χ0) is 9.35. The van der Waals surface area contributed by atoms with Gasteiger partial charge in [0.25, 0.3) is 0 Å². The predicted octanol–water partition coefficient (Wildman–Crippen LogP) is 1.25. The average Bonchev–Trinajstić information content (AvgIpc) is 1.92. The van der Waals surface area contributed by atoms with Gasteiger partial charge in [-0.05, 0) is 12.8 Å². The Morgan fingerprint density at radius 2 is 2.00 bits per heavy atom. The van der Waals surface area contributed by atoms with Gasteiger partial charge in [-0.25, -0.2) is 0 Å². The maximum atomic E-state index is 12.1. The van der Waals surface area contributed by atoms with Crippen LogP contribution in [0.1, 0.15) is 19.3 Å². The fourth-order valence-electron chi connectivity index (χ4n) is 1.36. The van der Waals surface area contributed by atoms with Crippen molar-refractivity contribution in [1.82, 2.24) is 0 Å². The van der Waals surface area contributed by atoms with Crippen LogP contribution < -0.4 is 5.73 Å². The smallest absolute Gasteiger partial charge is 0.321 e. The average molecular weight is 181 g/mol. The van der Waals surface area contributed by atoms with Crippen molar-refractivity contribution in [1.29, 1.82) is 0 Å². The van der Waals surface area contributed by atoms with Crippen molar-refractivity contribution in [2.75, 3.05) is 0 Å². The van der Waals surface area contributed by atoms with Crippen LogP contribution in [-0.4, -0.2) is 18.0 Å². The molecule has 0 amide bonds. The fourth-order valence-corrected chi connectivity index (χ4v) is 1.36. The molecule has 1 fully saturated rings. The summed E-state index contributed by atoms with van der Waals surface area (Å²) in [7, 11) is 0. The maximum absolute atomic E-state index is 12.1. The van der Waals surface area contributed by atoms with E-state index in [4.69, 9.17) is 5.73 Å². The van der Waals surface area contributed by atoms with Crippen molar-refractivity contribution in [2.45, 2.75) is 31.5 Å². The summed E-state index contributed by atoms with van der Waals surface area (Å²) in [6, 6.07) is -0.912. The van der Waals surface area contributed by atoms with Gasteiger partial charge in [0, 0.05) is 6.42 Å². The van der Waals surface area contributed by atoms with E-state index in [9.17, 15) is 18.0 Å². The Morgan fingerprint density at radius 1 is 1.42 bits per heavy atom. The van der Waals surface area contributed by atoms with Gasteiger partial charge in [-0.3, -0.25) is 4.79 Å². The van der Waals surface area contributed by atoms with Crippen molar-refractivity contribution in [3.8, 4) is 0 Å². The maximum Gasteiger partial charge on any atom is 0.391 e. The summed E-state index contributed by atoms with van der Waals surface area (Å²) < 4.78 is 36.2. The molecular weight excluding hydrogens is 171 g/mol. The van der Waals surface area contributed by atoms with Gasteiger partial charge in [0.15, 0.2) is 0 Å². The van der Waals surface area contributed by atoms with Crippen LogP contribution in [0.5, 0.6) is 0 Å². The van der Waals surface area contributed by atoms with E-state index in [-0.39, 0.29) is 25.0 Å². The molecule has 5 heteroatoms. The van der Waals surface area contributed by atoms with Crippen LogP contribution in [0.4, 0.5) is 13.2 Å². The van der Waals surface area contributed by atoms with Crippen LogP contribution in [-0.2, 0) is 4.79 Å². The number of carbonyl (C=O) groups excluding carboxylic acids is 1. The van der Waals surface area contributed by atoms with Crippen LogP contribution in [0.2, 0.25) is 0 Å². The molecule has 0 aromatic heterocycles. The number of alkyl halides is 3. The lowest BCUT2D eigenvalue weighted by Crippen LogP contribution is -2.41. The van der Waals surface area contributed by atoms with E-state index in [1.54, 1.807) is 0 Å². The molecule has 1 rings (SSSR count). The molecule has 0 radical (unpaired) electrons. The monoisotopic (exact) mass is 181 g/mol. The Bertz CT molecular complexity index is 190. The summed E-state index contributed by atoms with van der Waals surface area (Å²) in [6.07, 6.45) is -4.58. The van der Waals surface area contributed by atoms with E-state index in [2.05, 4.69) is 0 Å². The minimum atomic E-state index is -4.20. The number of ketones is 1. The van der Waals surface area contributed by atoms with Crippen molar-refractivity contribution >= 4 is 5.78 Å². The minimum Gasteiger partial charge on any atom is -0.321 e. The Kier molecular flexibility index (Phi) is 2.41. The zero-order valence-corrected chi connectivity index (χ0v) is 6.40. The number of halogens is 3. The van der Waals surface area contributed by atoms with Gasteiger partial charge in [0.1, 0.15) is 5.78 Å². The first-order chi connectivity index (χ1) is 5.41. The molecule has 0 saturated heterocycles. The molecule has 0 spiro atoms. The third kappa shape index (κ3) is 1.97. The largest absolute Gasteiger partial charge is 0.391 e. The quantitative estimate of drug-likeness (QED) is 0.611. The molecule has 0 aliphatic heterocycles. The first-order valence-electron chi connectivity index (χ1n) is 3.76. The van der Waals surface area contributed by atoms with Gasteiger partial charge in [-0.1, -0.05) is 0 Å². The normalized spacial score (nSPS) is 32.2. The van der Waals surface area contributed by atoms with E-state index in [1.165, 1.54) is 0 Å². The summed E-state index contributed by atoms with van der Waals surface area (Å²) in [5, 5.41) is 0. The highest BCUT2D eigenvalue weighted by atomic mass is 19.4. The second-order valence-corrected chi connectivity index (χ2v) is 3.09. The Hall–Kier alpha value is -0.580. The van der Waals surface area contributed by atoms with Crippen LogP contribution >= 0.6 is 0 Å². The summed E-state index contributed by atoms with van der Waals surface area (Å²) in [5.41, 5.74) is 5.22. The summed E-state index contributed by atoms with van der Waals surface area (Å²) in [6.45, 7) is 0. The molecule has 0 aromatic rings. The fraction of sp³-hybridized carbons (Fsp3) is 0.857. The molecule has 2 nitrogen and oxygen atoms in total. The minimum absolute atomic E-state index is 0.0364. The van der Waals surface area contributed by atoms with Crippen LogP contribution in [0.3, 0.4) is 0 Å². The topological polar surface area (TPSA) is 43.1 Å². The Balaban J connectivity index is 2.57. The summed E-state index contributed by atoms with van der Waals surface area (Å²) in [4.78, 5) is 10.8. The molecule has 2 atom stereocenters. The number of nitrogens with two attached hydrogens (primary N) is 1.